The van der Waals surface area contributed by atoms with Crippen LogP contribution in [0.2, 0.25) is 0 Å². The summed E-state index contributed by atoms with van der Waals surface area (Å²) >= 11 is 0. The minimum absolute atomic E-state index is 0. The molecule has 0 bridgehead atoms. The number of aliphatic hydroxyl groups excluding tert-OH is 3. The van der Waals surface area contributed by atoms with E-state index in [2.05, 4.69) is 19.1 Å². The molecule has 0 unspecified atom stereocenters. The second-order valence-corrected chi connectivity index (χ2v) is 4.88. The van der Waals surface area contributed by atoms with Gasteiger partial charge in [0.25, 0.3) is 0 Å². The fourth-order valence-corrected chi connectivity index (χ4v) is 1.10. The third kappa shape index (κ3) is 19.2. The van der Waals surface area contributed by atoms with E-state index in [-0.39, 0.29) is 22.6 Å². The molecule has 0 saturated heterocycles. The summed E-state index contributed by atoms with van der Waals surface area (Å²) in [7, 11) is -5.39. The van der Waals surface area contributed by atoms with Gasteiger partial charge in [0, 0.05) is 6.08 Å². The van der Waals surface area contributed by atoms with Crippen LogP contribution in [0.25, 0.3) is 0 Å². The van der Waals surface area contributed by atoms with Crippen molar-refractivity contribution < 1.29 is 61.2 Å². The maximum atomic E-state index is 10.3. The zero-order valence-electron chi connectivity index (χ0n) is 14.0. The molecule has 3 N–H and O–H groups in total. The van der Waals surface area contributed by atoms with Gasteiger partial charge in [0.1, 0.15) is 11.9 Å². The standard InChI is InChI=1S/C8H10O5.C5H5.C2H5.Mn.H3O4P/c9-2-1-7(3-10)8(4-11,5-12)6-13;1-2-4-5-3-1;1-2;;1-5(2,3)4/h1,11-13H,4-6H2;1-3H,4H2;1H2,2H3;;(H3,1,2,3,4)/q;2*-1;+3;/p-3. The molecule has 0 heterocycles. The first kappa shape index (κ1) is 32.6. The molecule has 1 aliphatic rings. The smallest absolute Gasteiger partial charge is 0.822 e. The molecular weight excluding hydrogens is 410 g/mol. The topological polar surface area (TPSA) is 181 Å². The summed E-state index contributed by atoms with van der Waals surface area (Å²) in [6.45, 7) is 3.05. The van der Waals surface area contributed by atoms with Crippen molar-refractivity contribution in [1.82, 2.24) is 0 Å². The van der Waals surface area contributed by atoms with Crippen molar-refractivity contribution >= 4 is 19.7 Å². The Labute approximate surface area is 162 Å². The number of allylic oxidation sites excluding steroid dienone is 5. The third-order valence-corrected chi connectivity index (χ3v) is 2.38. The molecule has 0 saturated carbocycles. The molecule has 148 valence electrons. The zero-order chi connectivity index (χ0) is 20.4. The molecule has 0 fully saturated rings. The first-order valence-electron chi connectivity index (χ1n) is 6.65. The van der Waals surface area contributed by atoms with Crippen molar-refractivity contribution in [2.45, 2.75) is 13.3 Å². The molecule has 11 heteroatoms. The quantitative estimate of drug-likeness (QED) is 0.139. The molecule has 0 aromatic carbocycles. The van der Waals surface area contributed by atoms with E-state index in [4.69, 9.17) is 34.6 Å². The fraction of sp³-hybridized carbons (Fsp3) is 0.400. The van der Waals surface area contributed by atoms with Crippen LogP contribution in [0, 0.1) is 18.4 Å². The molecular formula is C15H20MnO9P-2. The normalized spacial score (nSPS) is 10.9. The van der Waals surface area contributed by atoms with Crippen molar-refractivity contribution in [3.63, 3.8) is 0 Å². The Morgan fingerprint density at radius 1 is 1.23 bits per heavy atom. The fourth-order valence-electron chi connectivity index (χ4n) is 1.10. The van der Waals surface area contributed by atoms with Crippen LogP contribution in [0.5, 0.6) is 0 Å². The first-order chi connectivity index (χ1) is 11.7. The van der Waals surface area contributed by atoms with Crippen LogP contribution in [0.3, 0.4) is 0 Å². The molecule has 1 aliphatic carbocycles. The van der Waals surface area contributed by atoms with Crippen LogP contribution in [-0.4, -0.2) is 47.0 Å². The van der Waals surface area contributed by atoms with E-state index in [1.54, 1.807) is 6.92 Å². The van der Waals surface area contributed by atoms with Gasteiger partial charge in [-0.2, -0.15) is 20.8 Å². The molecule has 0 aromatic heterocycles. The van der Waals surface area contributed by atoms with E-state index in [9.17, 15) is 9.59 Å². The maximum absolute atomic E-state index is 10.3. The molecule has 26 heavy (non-hydrogen) atoms. The number of carbonyl (C=O) groups excluding carboxylic acids is 2. The van der Waals surface area contributed by atoms with Crippen LogP contribution in [0.15, 0.2) is 29.9 Å². The van der Waals surface area contributed by atoms with Gasteiger partial charge >= 0.3 is 17.1 Å². The molecule has 0 amide bonds. The van der Waals surface area contributed by atoms with E-state index < -0.39 is 33.1 Å². The average Bonchev–Trinajstić information content (AvgIpc) is 3.16. The molecule has 0 aromatic rings. The van der Waals surface area contributed by atoms with Crippen LogP contribution in [0.1, 0.15) is 13.3 Å². The second-order valence-electron chi connectivity index (χ2n) is 3.98. The van der Waals surface area contributed by atoms with E-state index in [1.807, 2.05) is 12.2 Å². The number of rotatable bonds is 5. The number of aliphatic hydroxyl groups is 3. The van der Waals surface area contributed by atoms with Gasteiger partial charge in [-0.15, -0.1) is 6.42 Å². The average molecular weight is 430 g/mol. The van der Waals surface area contributed by atoms with Crippen LogP contribution in [-0.2, 0) is 31.2 Å². The largest absolute Gasteiger partial charge is 3.00 e. The van der Waals surface area contributed by atoms with Gasteiger partial charge in [0.15, 0.2) is 0 Å². The number of phosphoric acid groups is 1. The van der Waals surface area contributed by atoms with Crippen molar-refractivity contribution in [3.05, 3.63) is 42.9 Å². The minimum atomic E-state index is -5.39. The van der Waals surface area contributed by atoms with Gasteiger partial charge < -0.3 is 41.5 Å². The Morgan fingerprint density at radius 3 is 1.81 bits per heavy atom. The Hall–Kier alpha value is -1.11. The van der Waals surface area contributed by atoms with Crippen molar-refractivity contribution in [2.75, 3.05) is 19.8 Å². The summed E-state index contributed by atoms with van der Waals surface area (Å²) in [5, 5.41) is 26.5. The Balaban J connectivity index is -0.000000153. The predicted octanol–water partition coefficient (Wildman–Crippen LogP) is -2.59. The molecule has 0 atom stereocenters. The monoisotopic (exact) mass is 430 g/mol. The summed E-state index contributed by atoms with van der Waals surface area (Å²) < 4.78 is 8.55. The molecule has 0 radical (unpaired) electrons. The van der Waals surface area contributed by atoms with Gasteiger partial charge in [-0.25, -0.2) is 21.7 Å². The molecule has 0 aliphatic heterocycles. The van der Waals surface area contributed by atoms with E-state index in [0.29, 0.717) is 0 Å². The number of hydrogen-bond donors (Lipinski definition) is 3. The van der Waals surface area contributed by atoms with Crippen molar-refractivity contribution in [2.24, 2.45) is 5.41 Å². The molecule has 1 rings (SSSR count). The van der Waals surface area contributed by atoms with Gasteiger partial charge in [-0.05, 0) is 0 Å². The Bertz CT molecular complexity index is 511. The van der Waals surface area contributed by atoms with Crippen LogP contribution in [0.4, 0.5) is 0 Å². The van der Waals surface area contributed by atoms with Gasteiger partial charge in [0.2, 0.25) is 0 Å². The Morgan fingerprint density at radius 2 is 1.65 bits per heavy atom. The van der Waals surface area contributed by atoms with E-state index in [0.717, 1.165) is 12.5 Å². The minimum Gasteiger partial charge on any atom is -0.822 e. The predicted molar refractivity (Wildman–Crippen MR) is 83.4 cm³/mol. The summed E-state index contributed by atoms with van der Waals surface area (Å²) in [6.07, 6.45) is 10.7. The summed E-state index contributed by atoms with van der Waals surface area (Å²) in [5.41, 5.74) is -1.81. The second kappa shape index (κ2) is 20.2. The molecule has 9 nitrogen and oxygen atoms in total. The third-order valence-electron chi connectivity index (χ3n) is 2.38. The number of hydrogen-bond acceptors (Lipinski definition) is 9. The van der Waals surface area contributed by atoms with Crippen LogP contribution < -0.4 is 14.7 Å². The van der Waals surface area contributed by atoms with E-state index in [1.165, 1.54) is 11.9 Å². The summed E-state index contributed by atoms with van der Waals surface area (Å²) in [5.74, 6) is 2.68. The maximum Gasteiger partial charge on any atom is 3.00 e. The zero-order valence-corrected chi connectivity index (χ0v) is 16.0. The van der Waals surface area contributed by atoms with Gasteiger partial charge in [0.05, 0.1) is 30.8 Å². The Kier molecular flexibility index (Phi) is 25.3. The summed E-state index contributed by atoms with van der Waals surface area (Å²) in [6, 6.07) is 0. The summed E-state index contributed by atoms with van der Waals surface area (Å²) in [4.78, 5) is 45.9. The van der Waals surface area contributed by atoms with Gasteiger partial charge in [-0.1, -0.05) is 0 Å². The van der Waals surface area contributed by atoms with Crippen molar-refractivity contribution in [3.8, 4) is 0 Å². The van der Waals surface area contributed by atoms with Gasteiger partial charge in [-0.3, -0.25) is 6.08 Å². The SMILES string of the molecule is O=C=CC(=C=O)C(CO)(CO)CO.O=P([O-])([O-])[O-].[C-]1=CC=CC1.[CH2-]C.[Mn+3]. The van der Waals surface area contributed by atoms with Crippen molar-refractivity contribution in [1.29, 1.82) is 0 Å². The first-order valence-corrected chi connectivity index (χ1v) is 8.11. The van der Waals surface area contributed by atoms with E-state index >= 15 is 0 Å². The molecule has 0 spiro atoms. The van der Waals surface area contributed by atoms with Crippen LogP contribution >= 0.6 is 7.82 Å².